The Balaban J connectivity index is 1.75. The van der Waals surface area contributed by atoms with E-state index >= 15 is 0 Å². The summed E-state index contributed by atoms with van der Waals surface area (Å²) in [6.45, 7) is -2.78. The van der Waals surface area contributed by atoms with E-state index in [4.69, 9.17) is 4.74 Å². The molecule has 0 fully saturated rings. The summed E-state index contributed by atoms with van der Waals surface area (Å²) in [7, 11) is -2.25. The van der Waals surface area contributed by atoms with Crippen LogP contribution in [0.5, 0.6) is 11.5 Å². The average Bonchev–Trinajstić information content (AvgIpc) is 2.67. The van der Waals surface area contributed by atoms with Gasteiger partial charge >= 0.3 is 6.61 Å². The summed E-state index contributed by atoms with van der Waals surface area (Å²) in [5, 5.41) is 2.62. The SMILES string of the molecule is COc1ccc(S(=O)(=O)NCCC(=O)NCc2ccc(OC(F)F)cc2)cc1. The van der Waals surface area contributed by atoms with Gasteiger partial charge < -0.3 is 14.8 Å². The Morgan fingerprint density at radius 1 is 1.04 bits per heavy atom. The topological polar surface area (TPSA) is 93.7 Å². The highest BCUT2D eigenvalue weighted by Gasteiger charge is 2.14. The minimum atomic E-state index is -3.72. The number of ether oxygens (including phenoxy) is 2. The van der Waals surface area contributed by atoms with E-state index in [0.29, 0.717) is 11.3 Å². The number of hydrogen-bond acceptors (Lipinski definition) is 5. The van der Waals surface area contributed by atoms with Crippen LogP contribution < -0.4 is 19.5 Å². The van der Waals surface area contributed by atoms with Crippen LogP contribution in [0.3, 0.4) is 0 Å². The van der Waals surface area contributed by atoms with Gasteiger partial charge in [0.2, 0.25) is 15.9 Å². The maximum Gasteiger partial charge on any atom is 0.387 e. The van der Waals surface area contributed by atoms with Gasteiger partial charge in [-0.15, -0.1) is 0 Å². The van der Waals surface area contributed by atoms with Gasteiger partial charge in [0.1, 0.15) is 11.5 Å². The van der Waals surface area contributed by atoms with Gasteiger partial charge in [-0.2, -0.15) is 8.78 Å². The lowest BCUT2D eigenvalue weighted by Gasteiger charge is -2.09. The molecule has 0 aromatic heterocycles. The number of rotatable bonds is 10. The predicted molar refractivity (Wildman–Crippen MR) is 97.7 cm³/mol. The molecule has 28 heavy (non-hydrogen) atoms. The fraction of sp³-hybridized carbons (Fsp3) is 0.278. The number of sulfonamides is 1. The van der Waals surface area contributed by atoms with E-state index in [1.165, 1.54) is 43.5 Å². The molecule has 7 nitrogen and oxygen atoms in total. The standard InChI is InChI=1S/C18H20F2N2O5S/c1-26-14-6-8-16(9-7-14)28(24,25)22-11-10-17(23)21-12-13-2-4-15(5-3-13)27-18(19)20/h2-9,18,22H,10-12H2,1H3,(H,21,23). The van der Waals surface area contributed by atoms with Crippen LogP contribution in [0.4, 0.5) is 8.78 Å². The molecule has 0 saturated heterocycles. The highest BCUT2D eigenvalue weighted by atomic mass is 32.2. The number of nitrogens with one attached hydrogen (secondary N) is 2. The van der Waals surface area contributed by atoms with Crippen molar-refractivity contribution in [1.82, 2.24) is 10.0 Å². The van der Waals surface area contributed by atoms with Crippen molar-refractivity contribution in [2.24, 2.45) is 0 Å². The van der Waals surface area contributed by atoms with Crippen LogP contribution in [0, 0.1) is 0 Å². The van der Waals surface area contributed by atoms with Crippen molar-refractivity contribution in [3.63, 3.8) is 0 Å². The third-order valence-electron chi connectivity index (χ3n) is 3.65. The van der Waals surface area contributed by atoms with E-state index in [9.17, 15) is 22.0 Å². The maximum atomic E-state index is 12.2. The number of carbonyl (C=O) groups excluding carboxylic acids is 1. The Kier molecular flexibility index (Phi) is 7.70. The molecule has 0 saturated carbocycles. The number of amides is 1. The molecule has 2 aromatic rings. The minimum absolute atomic E-state index is 0.0259. The molecule has 0 aliphatic carbocycles. The van der Waals surface area contributed by atoms with Crippen LogP contribution in [0.2, 0.25) is 0 Å². The Labute approximate surface area is 161 Å². The normalized spacial score (nSPS) is 11.3. The summed E-state index contributed by atoms with van der Waals surface area (Å²) in [6.07, 6.45) is -0.0536. The first-order valence-corrected chi connectivity index (χ1v) is 9.72. The first kappa shape index (κ1) is 21.6. The predicted octanol–water partition coefficient (Wildman–Crippen LogP) is 2.28. The van der Waals surface area contributed by atoms with Gasteiger partial charge in [0.15, 0.2) is 0 Å². The zero-order chi connectivity index (χ0) is 20.6. The lowest BCUT2D eigenvalue weighted by atomic mass is 10.2. The molecule has 2 N–H and O–H groups in total. The molecule has 152 valence electrons. The second-order valence-corrected chi connectivity index (χ2v) is 7.39. The molecule has 0 atom stereocenters. The molecule has 2 rings (SSSR count). The molecule has 0 bridgehead atoms. The van der Waals surface area contributed by atoms with Gasteiger partial charge in [-0.3, -0.25) is 4.79 Å². The van der Waals surface area contributed by atoms with Gasteiger partial charge in [0, 0.05) is 19.5 Å². The number of benzene rings is 2. The van der Waals surface area contributed by atoms with E-state index < -0.39 is 16.6 Å². The highest BCUT2D eigenvalue weighted by Crippen LogP contribution is 2.16. The molecule has 0 spiro atoms. The van der Waals surface area contributed by atoms with Crippen molar-refractivity contribution < 1.29 is 31.5 Å². The molecule has 0 heterocycles. The number of carbonyl (C=O) groups is 1. The maximum absolute atomic E-state index is 12.2. The van der Waals surface area contributed by atoms with Crippen LogP contribution >= 0.6 is 0 Å². The molecular formula is C18H20F2N2O5S. The van der Waals surface area contributed by atoms with Crippen molar-refractivity contribution >= 4 is 15.9 Å². The van der Waals surface area contributed by atoms with E-state index in [0.717, 1.165) is 0 Å². The first-order chi connectivity index (χ1) is 13.3. The van der Waals surface area contributed by atoms with Gasteiger partial charge in [-0.1, -0.05) is 12.1 Å². The monoisotopic (exact) mass is 414 g/mol. The minimum Gasteiger partial charge on any atom is -0.497 e. The van der Waals surface area contributed by atoms with Gasteiger partial charge in [0.05, 0.1) is 12.0 Å². The zero-order valence-corrected chi connectivity index (χ0v) is 15.8. The molecule has 1 amide bonds. The second-order valence-electron chi connectivity index (χ2n) is 5.62. The molecule has 0 radical (unpaired) electrons. The Morgan fingerprint density at radius 3 is 2.21 bits per heavy atom. The van der Waals surface area contributed by atoms with Gasteiger partial charge in [-0.25, -0.2) is 13.1 Å². The molecule has 0 unspecified atom stereocenters. The van der Waals surface area contributed by atoms with E-state index in [1.54, 1.807) is 12.1 Å². The zero-order valence-electron chi connectivity index (χ0n) is 15.0. The summed E-state index contributed by atoms with van der Waals surface area (Å²) < 4.78 is 60.0. The van der Waals surface area contributed by atoms with Crippen LogP contribution in [0.1, 0.15) is 12.0 Å². The van der Waals surface area contributed by atoms with Crippen molar-refractivity contribution in [2.45, 2.75) is 24.5 Å². The summed E-state index contributed by atoms with van der Waals surface area (Å²) in [5.74, 6) is 0.204. The summed E-state index contributed by atoms with van der Waals surface area (Å²) in [6, 6.07) is 11.7. The number of methoxy groups -OCH3 is 1. The van der Waals surface area contributed by atoms with Gasteiger partial charge in [0.25, 0.3) is 0 Å². The average molecular weight is 414 g/mol. The van der Waals surface area contributed by atoms with Crippen molar-refractivity contribution in [3.05, 3.63) is 54.1 Å². The molecule has 10 heteroatoms. The van der Waals surface area contributed by atoms with Crippen LogP contribution in [-0.4, -0.2) is 34.6 Å². The first-order valence-electron chi connectivity index (χ1n) is 8.24. The summed E-state index contributed by atoms with van der Waals surface area (Å²) in [4.78, 5) is 11.9. The Bertz CT molecular complexity index is 872. The smallest absolute Gasteiger partial charge is 0.387 e. The Hall–Kier alpha value is -2.72. The molecule has 0 aliphatic rings. The number of halogens is 2. The third kappa shape index (κ3) is 6.78. The summed E-state index contributed by atoms with van der Waals surface area (Å²) >= 11 is 0. The molecule has 2 aromatic carbocycles. The van der Waals surface area contributed by atoms with E-state index in [-0.39, 0.29) is 36.1 Å². The lowest BCUT2D eigenvalue weighted by molar-refractivity contribution is -0.121. The Morgan fingerprint density at radius 2 is 1.64 bits per heavy atom. The van der Waals surface area contributed by atoms with E-state index in [2.05, 4.69) is 14.8 Å². The molecular weight excluding hydrogens is 394 g/mol. The second kappa shape index (κ2) is 10.00. The van der Waals surface area contributed by atoms with Crippen LogP contribution in [0.15, 0.2) is 53.4 Å². The largest absolute Gasteiger partial charge is 0.497 e. The number of hydrogen-bond donors (Lipinski definition) is 2. The summed E-state index contributed by atoms with van der Waals surface area (Å²) in [5.41, 5.74) is 0.689. The van der Waals surface area contributed by atoms with Crippen molar-refractivity contribution in [2.75, 3.05) is 13.7 Å². The molecule has 0 aliphatic heterocycles. The van der Waals surface area contributed by atoms with Crippen LogP contribution in [-0.2, 0) is 21.4 Å². The fourth-order valence-corrected chi connectivity index (χ4v) is 3.25. The quantitative estimate of drug-likeness (QED) is 0.622. The van der Waals surface area contributed by atoms with Crippen LogP contribution in [0.25, 0.3) is 0 Å². The van der Waals surface area contributed by atoms with Crippen molar-refractivity contribution in [3.8, 4) is 11.5 Å². The number of alkyl halides is 2. The fourth-order valence-electron chi connectivity index (χ4n) is 2.21. The highest BCUT2D eigenvalue weighted by molar-refractivity contribution is 7.89. The van der Waals surface area contributed by atoms with Crippen molar-refractivity contribution in [1.29, 1.82) is 0 Å². The third-order valence-corrected chi connectivity index (χ3v) is 5.13. The lowest BCUT2D eigenvalue weighted by Crippen LogP contribution is -2.30. The van der Waals surface area contributed by atoms with Gasteiger partial charge in [-0.05, 0) is 42.0 Å². The van der Waals surface area contributed by atoms with E-state index in [1.807, 2.05) is 0 Å².